The minimum Gasteiger partial charge on any atom is -0.359 e. The third-order valence-corrected chi connectivity index (χ3v) is 10.0. The number of hydrogen-bond donors (Lipinski definition) is 6. The van der Waals surface area contributed by atoms with E-state index in [-0.39, 0.29) is 67.9 Å². The van der Waals surface area contributed by atoms with E-state index in [1.54, 1.807) is 24.3 Å². The van der Waals surface area contributed by atoms with Gasteiger partial charge in [-0.2, -0.15) is 0 Å². The van der Waals surface area contributed by atoms with Crippen LogP contribution < -0.4 is 31.9 Å². The van der Waals surface area contributed by atoms with Crippen LogP contribution in [0.4, 0.5) is 17.1 Å². The van der Waals surface area contributed by atoms with Crippen molar-refractivity contribution >= 4 is 46.6 Å². The Balaban J connectivity index is 0.000000705. The molecule has 0 saturated carbocycles. The monoisotopic (exact) mass is 917 g/mol. The van der Waals surface area contributed by atoms with Crippen molar-refractivity contribution in [2.45, 2.75) is 202 Å². The van der Waals surface area contributed by atoms with Gasteiger partial charge in [-0.25, -0.2) is 0 Å². The molecule has 2 aromatic rings. The molecule has 372 valence electrons. The minimum atomic E-state index is -0.521. The summed E-state index contributed by atoms with van der Waals surface area (Å²) in [6, 6.07) is 10.2. The molecule has 0 atom stereocenters. The number of carbonyl (C=O) groups is 5. The van der Waals surface area contributed by atoms with Gasteiger partial charge in [-0.3, -0.25) is 24.0 Å². The Hall–Kier alpha value is -4.67. The van der Waals surface area contributed by atoms with Gasteiger partial charge < -0.3 is 31.9 Å². The van der Waals surface area contributed by atoms with Crippen LogP contribution in [-0.2, 0) is 9.59 Å². The van der Waals surface area contributed by atoms with Crippen molar-refractivity contribution in [3.8, 4) is 0 Å². The van der Waals surface area contributed by atoms with E-state index < -0.39 is 27.4 Å². The van der Waals surface area contributed by atoms with Gasteiger partial charge in [0, 0.05) is 72.3 Å². The normalized spacial score (nSPS) is 13.1. The molecule has 0 fully saturated rings. The van der Waals surface area contributed by atoms with Crippen molar-refractivity contribution in [3.05, 3.63) is 65.4 Å². The molecule has 0 radical (unpaired) electrons. The van der Waals surface area contributed by atoms with Crippen LogP contribution in [0.3, 0.4) is 0 Å². The average Bonchev–Trinajstić information content (AvgIpc) is 3.02. The summed E-state index contributed by atoms with van der Waals surface area (Å²) in [5, 5.41) is 18.5. The second kappa shape index (κ2) is 21.1. The first kappa shape index (κ1) is 59.3. The lowest BCUT2D eigenvalue weighted by Gasteiger charge is -2.34. The third kappa shape index (κ3) is 22.7. The number of rotatable bonds is 13. The first-order chi connectivity index (χ1) is 29.1. The Kier molecular flexibility index (Phi) is 19.0. The zero-order valence-electron chi connectivity index (χ0n) is 45.8. The van der Waals surface area contributed by atoms with E-state index in [0.717, 1.165) is 30.6 Å². The van der Waals surface area contributed by atoms with Gasteiger partial charge in [-0.05, 0) is 113 Å². The van der Waals surface area contributed by atoms with Crippen molar-refractivity contribution < 1.29 is 24.0 Å². The smallest absolute Gasteiger partial charge is 0.251 e. The summed E-state index contributed by atoms with van der Waals surface area (Å²) in [5.74, 6) is -1.12. The van der Waals surface area contributed by atoms with Crippen LogP contribution in [0.5, 0.6) is 0 Å². The van der Waals surface area contributed by atoms with Crippen LogP contribution in [0, 0.1) is 32.5 Å². The van der Waals surface area contributed by atoms with Gasteiger partial charge >= 0.3 is 0 Å². The number of anilines is 3. The first-order valence-corrected chi connectivity index (χ1v) is 23.5. The van der Waals surface area contributed by atoms with Crippen LogP contribution in [0.2, 0.25) is 0 Å². The number of nitrogens with one attached hydrogen (secondary N) is 6. The van der Waals surface area contributed by atoms with E-state index in [1.807, 2.05) is 95.2 Å². The molecule has 2 rings (SSSR count). The maximum Gasteiger partial charge on any atom is 0.251 e. The van der Waals surface area contributed by atoms with Crippen LogP contribution in [0.15, 0.2) is 48.7 Å². The van der Waals surface area contributed by atoms with Gasteiger partial charge in [-0.15, -0.1) is 0 Å². The topological polar surface area (TPSA) is 158 Å². The quantitative estimate of drug-likeness (QED) is 0.117. The van der Waals surface area contributed by atoms with Crippen LogP contribution in [0.25, 0.3) is 0 Å². The van der Waals surface area contributed by atoms with Crippen molar-refractivity contribution in [1.29, 1.82) is 0 Å². The number of benzene rings is 2. The molecule has 0 aliphatic rings. The fourth-order valence-corrected chi connectivity index (χ4v) is 8.11. The Morgan fingerprint density at radius 1 is 0.364 bits per heavy atom. The van der Waals surface area contributed by atoms with Gasteiger partial charge in [0.2, 0.25) is 11.8 Å². The molecule has 2 aromatic carbocycles. The highest BCUT2D eigenvalue weighted by molar-refractivity contribution is 6.05. The van der Waals surface area contributed by atoms with Crippen molar-refractivity contribution in [2.75, 3.05) is 16.0 Å². The molecule has 11 nitrogen and oxygen atoms in total. The molecule has 11 heteroatoms. The molecule has 0 unspecified atom stereocenters. The molecule has 5 amide bonds. The largest absolute Gasteiger partial charge is 0.359 e. The second-order valence-corrected chi connectivity index (χ2v) is 27.1. The van der Waals surface area contributed by atoms with Crippen LogP contribution in [-0.4, -0.2) is 46.2 Å². The van der Waals surface area contributed by atoms with Crippen molar-refractivity contribution in [2.24, 2.45) is 32.5 Å². The summed E-state index contributed by atoms with van der Waals surface area (Å²) in [5.41, 5.74) is 1.16. The molecule has 0 aliphatic carbocycles. The Morgan fingerprint density at radius 2 is 0.591 bits per heavy atom. The van der Waals surface area contributed by atoms with E-state index in [4.69, 9.17) is 0 Å². The van der Waals surface area contributed by atoms with Crippen molar-refractivity contribution in [1.82, 2.24) is 16.0 Å². The van der Waals surface area contributed by atoms with E-state index in [2.05, 4.69) is 122 Å². The number of amides is 5. The molecule has 0 heterocycles. The van der Waals surface area contributed by atoms with Gasteiger partial charge in [0.1, 0.15) is 0 Å². The van der Waals surface area contributed by atoms with Crippen LogP contribution in [0.1, 0.15) is 217 Å². The SMILES string of the molecule is C=C(Nc1cc(NC(=O)C(C)(C)C)cc(NC(=O)C(C)(C)C)c1)C(C)(C)C.CC(C)(C)CC(C)(C)NC(=O)c1cc(C(=O)NC(C)(C)CC(C)(C)C)cc(C(=O)NC(C)(C)CC(C)(C)C)c1. The highest BCUT2D eigenvalue weighted by Crippen LogP contribution is 2.32. The predicted octanol–water partition coefficient (Wildman–Crippen LogP) is 13.1. The van der Waals surface area contributed by atoms with Crippen LogP contribution >= 0.6 is 0 Å². The number of hydrogen-bond acceptors (Lipinski definition) is 6. The van der Waals surface area contributed by atoms with E-state index in [9.17, 15) is 24.0 Å². The third-order valence-electron chi connectivity index (χ3n) is 10.0. The Labute approximate surface area is 401 Å². The summed E-state index contributed by atoms with van der Waals surface area (Å²) in [6.07, 6.45) is 2.30. The summed E-state index contributed by atoms with van der Waals surface area (Å²) in [4.78, 5) is 65.2. The summed E-state index contributed by atoms with van der Waals surface area (Å²) in [7, 11) is 0. The van der Waals surface area contributed by atoms with Gasteiger partial charge in [0.15, 0.2) is 0 Å². The van der Waals surface area contributed by atoms with Gasteiger partial charge in [0.25, 0.3) is 17.7 Å². The van der Waals surface area contributed by atoms with E-state index >= 15 is 0 Å². The van der Waals surface area contributed by atoms with Crippen molar-refractivity contribution in [3.63, 3.8) is 0 Å². The second-order valence-electron chi connectivity index (χ2n) is 27.1. The highest BCUT2D eigenvalue weighted by atomic mass is 16.2. The molecule has 0 aromatic heterocycles. The molecule has 0 saturated heterocycles. The predicted molar refractivity (Wildman–Crippen MR) is 278 cm³/mol. The molecule has 0 bridgehead atoms. The molecule has 6 N–H and O–H groups in total. The molecular formula is C55H92N6O5. The molecule has 0 spiro atoms. The first-order valence-electron chi connectivity index (χ1n) is 23.5. The molecule has 66 heavy (non-hydrogen) atoms. The lowest BCUT2D eigenvalue weighted by atomic mass is 9.81. The maximum atomic E-state index is 13.5. The Morgan fingerprint density at radius 3 is 0.788 bits per heavy atom. The fourth-order valence-electron chi connectivity index (χ4n) is 8.11. The zero-order valence-corrected chi connectivity index (χ0v) is 45.8. The molecule has 0 aliphatic heterocycles. The number of carbonyl (C=O) groups excluding carboxylic acids is 5. The van der Waals surface area contributed by atoms with Gasteiger partial charge in [0.05, 0.1) is 0 Å². The Bertz CT molecular complexity index is 1810. The fraction of sp³-hybridized carbons (Fsp3) is 0.655. The summed E-state index contributed by atoms with van der Waals surface area (Å²) in [6.45, 7) is 52.6. The zero-order chi connectivity index (χ0) is 52.0. The maximum absolute atomic E-state index is 13.5. The average molecular weight is 917 g/mol. The number of allylic oxidation sites excluding steroid dienone is 1. The minimum absolute atomic E-state index is 0.0147. The highest BCUT2D eigenvalue weighted by Gasteiger charge is 2.32. The van der Waals surface area contributed by atoms with E-state index in [1.165, 1.54) is 0 Å². The summed E-state index contributed by atoms with van der Waals surface area (Å²) >= 11 is 0. The standard InChI is InChI=1S/C33H57N3O3.C22H35N3O2/c1-28(2,3)19-31(10,11)34-25(37)22-16-23(26(38)35-32(12,13)20-29(4,5)6)18-24(17-22)27(39)36-33(14,15)21-30(7,8)9;1-14(20(2,3)4)23-15-11-16(24-18(26)21(5,6)7)13-17(12-15)25-19(27)22(8,9)10/h16-18H,19-21H2,1-15H3,(H,34,37)(H,35,38)(H,36,39);11-13,23H,1H2,2-10H3,(H,24,26)(H,25,27). The van der Waals surface area contributed by atoms with E-state index in [0.29, 0.717) is 11.4 Å². The lowest BCUT2D eigenvalue weighted by molar-refractivity contribution is -0.123. The summed E-state index contributed by atoms with van der Waals surface area (Å²) < 4.78 is 0. The van der Waals surface area contributed by atoms with Gasteiger partial charge in [-0.1, -0.05) is 131 Å². The lowest BCUT2D eigenvalue weighted by Crippen LogP contribution is -2.47. The molecular weight excluding hydrogens is 825 g/mol.